The van der Waals surface area contributed by atoms with E-state index in [-0.39, 0.29) is 11.7 Å². The molecule has 34 heavy (non-hydrogen) atoms. The summed E-state index contributed by atoms with van der Waals surface area (Å²) in [5, 5.41) is 11.2. The van der Waals surface area contributed by atoms with Gasteiger partial charge in [0.05, 0.1) is 23.4 Å². The Labute approximate surface area is 212 Å². The zero-order valence-corrected chi connectivity index (χ0v) is 22.0. The van der Waals surface area contributed by atoms with Crippen LogP contribution < -0.4 is 9.64 Å². The van der Waals surface area contributed by atoms with E-state index >= 15 is 0 Å². The van der Waals surface area contributed by atoms with Crippen LogP contribution in [0.15, 0.2) is 62.9 Å². The third-order valence-corrected chi connectivity index (χ3v) is 7.00. The summed E-state index contributed by atoms with van der Waals surface area (Å²) in [4.78, 5) is 20.7. The molecule has 0 radical (unpaired) electrons. The van der Waals surface area contributed by atoms with Crippen molar-refractivity contribution < 1.29 is 14.6 Å². The normalized spacial score (nSPS) is 16.1. The van der Waals surface area contributed by atoms with Crippen molar-refractivity contribution in [3.63, 3.8) is 0 Å². The molecule has 174 valence electrons. The Morgan fingerprint density at radius 3 is 2.38 bits per heavy atom. The molecular weight excluding hydrogens is 512 g/mol. The molecule has 4 rings (SSSR count). The van der Waals surface area contributed by atoms with E-state index in [1.54, 1.807) is 23.1 Å². The summed E-state index contributed by atoms with van der Waals surface area (Å²) in [5.74, 6) is 0.109. The van der Waals surface area contributed by atoms with E-state index in [1.165, 1.54) is 18.9 Å². The van der Waals surface area contributed by atoms with E-state index in [0.717, 1.165) is 38.1 Å². The molecule has 1 saturated heterocycles. The van der Waals surface area contributed by atoms with Crippen LogP contribution in [0.5, 0.6) is 11.5 Å². The number of aromatic hydroxyl groups is 1. The third kappa shape index (κ3) is 4.76. The number of anilines is 1. The van der Waals surface area contributed by atoms with E-state index in [1.807, 2.05) is 64.1 Å². The molecule has 1 aliphatic rings. The first-order chi connectivity index (χ1) is 16.2. The molecule has 0 unspecified atom stereocenters. The summed E-state index contributed by atoms with van der Waals surface area (Å²) in [7, 11) is 1.49. The van der Waals surface area contributed by atoms with Crippen LogP contribution in [0.2, 0.25) is 0 Å². The summed E-state index contributed by atoms with van der Waals surface area (Å²) in [6, 6.07) is 15.5. The summed E-state index contributed by atoms with van der Waals surface area (Å²) < 4.78 is 6.00. The molecule has 3 aromatic rings. The molecule has 1 aliphatic heterocycles. The number of amides is 1. The van der Waals surface area contributed by atoms with Gasteiger partial charge in [-0.3, -0.25) is 9.69 Å². The van der Waals surface area contributed by atoms with Crippen molar-refractivity contribution in [2.75, 3.05) is 12.0 Å². The van der Waals surface area contributed by atoms with Crippen LogP contribution >= 0.6 is 27.7 Å². The van der Waals surface area contributed by atoms with E-state index in [9.17, 15) is 9.90 Å². The van der Waals surface area contributed by atoms with Crippen LogP contribution in [-0.4, -0.2) is 23.3 Å². The van der Waals surface area contributed by atoms with Gasteiger partial charge in [0.25, 0.3) is 5.91 Å². The number of thioether (sulfide) groups is 1. The Hall–Kier alpha value is -3.03. The maximum absolute atomic E-state index is 13.7. The number of phenols is 1. The summed E-state index contributed by atoms with van der Waals surface area (Å²) in [6.07, 6.45) is 1.68. The van der Waals surface area contributed by atoms with Crippen molar-refractivity contribution in [1.82, 2.24) is 0 Å². The summed E-state index contributed by atoms with van der Waals surface area (Å²) >= 11 is 4.73. The first-order valence-electron chi connectivity index (χ1n) is 10.7. The number of aryl methyl sites for hydroxylation is 4. The molecule has 0 aliphatic carbocycles. The quantitative estimate of drug-likeness (QED) is 0.358. The topological polar surface area (TPSA) is 62.1 Å². The maximum Gasteiger partial charge on any atom is 0.271 e. The fourth-order valence-electron chi connectivity index (χ4n) is 3.67. The largest absolute Gasteiger partial charge is 0.504 e. The number of carbonyl (C=O) groups is 1. The highest BCUT2D eigenvalue weighted by Gasteiger charge is 2.36. The van der Waals surface area contributed by atoms with Crippen molar-refractivity contribution >= 4 is 56.2 Å². The standard InChI is InChI=1S/C27H25BrN2O3S/c1-15-6-8-17(3)21(10-15)29-27-30(22-11-16(2)7-9-18(22)4)26(32)24(34-27)13-19-12-20(28)14-23(33-5)25(19)31/h6-14,31H,1-5H3/b24-13+,29-27?. The number of rotatable bonds is 4. The van der Waals surface area contributed by atoms with Gasteiger partial charge in [-0.25, -0.2) is 4.99 Å². The highest BCUT2D eigenvalue weighted by molar-refractivity contribution is 9.10. The second kappa shape index (κ2) is 9.68. The Morgan fingerprint density at radius 2 is 1.68 bits per heavy atom. The van der Waals surface area contributed by atoms with Crippen molar-refractivity contribution in [2.45, 2.75) is 27.7 Å². The monoisotopic (exact) mass is 536 g/mol. The van der Waals surface area contributed by atoms with Crippen LogP contribution in [0.3, 0.4) is 0 Å². The van der Waals surface area contributed by atoms with Gasteiger partial charge in [0.1, 0.15) is 0 Å². The predicted molar refractivity (Wildman–Crippen MR) is 144 cm³/mol. The number of benzene rings is 3. The summed E-state index contributed by atoms with van der Waals surface area (Å²) in [5.41, 5.74) is 6.24. The zero-order valence-electron chi connectivity index (χ0n) is 19.6. The van der Waals surface area contributed by atoms with Gasteiger partial charge in [-0.05, 0) is 92.1 Å². The lowest BCUT2D eigenvalue weighted by Crippen LogP contribution is -2.29. The number of methoxy groups -OCH3 is 1. The van der Waals surface area contributed by atoms with Crippen LogP contribution in [0, 0.1) is 27.7 Å². The lowest BCUT2D eigenvalue weighted by Gasteiger charge is -2.19. The molecule has 1 amide bonds. The first-order valence-corrected chi connectivity index (χ1v) is 12.3. The maximum atomic E-state index is 13.7. The van der Waals surface area contributed by atoms with Gasteiger partial charge in [-0.2, -0.15) is 0 Å². The highest BCUT2D eigenvalue weighted by atomic mass is 79.9. The minimum Gasteiger partial charge on any atom is -0.504 e. The molecule has 7 heteroatoms. The van der Waals surface area contributed by atoms with Gasteiger partial charge in [0.15, 0.2) is 16.7 Å². The Balaban J connectivity index is 1.88. The molecule has 0 bridgehead atoms. The number of phenolic OH excluding ortho intramolecular Hbond substituents is 1. The first kappa shape index (κ1) is 24.1. The van der Waals surface area contributed by atoms with Crippen molar-refractivity contribution in [3.05, 3.63) is 85.7 Å². The highest BCUT2D eigenvalue weighted by Crippen LogP contribution is 2.42. The predicted octanol–water partition coefficient (Wildman–Crippen LogP) is 7.21. The molecule has 3 aromatic carbocycles. The number of hydrogen-bond acceptors (Lipinski definition) is 5. The summed E-state index contributed by atoms with van der Waals surface area (Å²) in [6.45, 7) is 8.01. The Morgan fingerprint density at radius 1 is 1.00 bits per heavy atom. The zero-order chi connectivity index (χ0) is 24.6. The Bertz CT molecular complexity index is 1360. The average molecular weight is 537 g/mol. The number of carbonyl (C=O) groups excluding carboxylic acids is 1. The number of amidine groups is 1. The van der Waals surface area contributed by atoms with Crippen LogP contribution in [0.25, 0.3) is 6.08 Å². The van der Waals surface area contributed by atoms with Crippen LogP contribution in [0.1, 0.15) is 27.8 Å². The van der Waals surface area contributed by atoms with Gasteiger partial charge in [-0.15, -0.1) is 0 Å². The lowest BCUT2D eigenvalue weighted by atomic mass is 10.1. The van der Waals surface area contributed by atoms with Gasteiger partial charge in [0.2, 0.25) is 0 Å². The molecule has 1 N–H and O–H groups in total. The molecular formula is C27H25BrN2O3S. The second-order valence-electron chi connectivity index (χ2n) is 8.27. The molecule has 0 saturated carbocycles. The number of halogens is 1. The van der Waals surface area contributed by atoms with E-state index in [2.05, 4.69) is 15.9 Å². The minimum absolute atomic E-state index is 0.0233. The van der Waals surface area contributed by atoms with E-state index < -0.39 is 0 Å². The number of aliphatic imine (C=N–C) groups is 1. The average Bonchev–Trinajstić information content (AvgIpc) is 3.09. The van der Waals surface area contributed by atoms with E-state index in [0.29, 0.717) is 21.4 Å². The van der Waals surface area contributed by atoms with Gasteiger partial charge < -0.3 is 9.84 Å². The van der Waals surface area contributed by atoms with E-state index in [4.69, 9.17) is 9.73 Å². The molecule has 0 spiro atoms. The fourth-order valence-corrected chi connectivity index (χ4v) is 5.10. The second-order valence-corrected chi connectivity index (χ2v) is 10.2. The SMILES string of the molecule is COc1cc(Br)cc(/C=C2/SC(=Nc3cc(C)ccc3C)N(c3cc(C)ccc3C)C2=O)c1O. The molecule has 1 fully saturated rings. The van der Waals surface area contributed by atoms with Crippen molar-refractivity contribution in [3.8, 4) is 11.5 Å². The number of nitrogens with zero attached hydrogens (tertiary/aromatic N) is 2. The van der Waals surface area contributed by atoms with Crippen LogP contribution in [-0.2, 0) is 4.79 Å². The molecule has 0 aromatic heterocycles. The molecule has 5 nitrogen and oxygen atoms in total. The van der Waals surface area contributed by atoms with Crippen LogP contribution in [0.4, 0.5) is 11.4 Å². The third-order valence-electron chi connectivity index (χ3n) is 5.57. The van der Waals surface area contributed by atoms with Crippen molar-refractivity contribution in [1.29, 1.82) is 0 Å². The molecule has 0 atom stereocenters. The Kier molecular flexibility index (Phi) is 6.86. The molecule has 1 heterocycles. The smallest absolute Gasteiger partial charge is 0.271 e. The van der Waals surface area contributed by atoms with Gasteiger partial charge in [0, 0.05) is 10.0 Å². The van der Waals surface area contributed by atoms with Crippen molar-refractivity contribution in [2.24, 2.45) is 4.99 Å². The van der Waals surface area contributed by atoms with Gasteiger partial charge >= 0.3 is 0 Å². The lowest BCUT2D eigenvalue weighted by molar-refractivity contribution is -0.113. The number of ether oxygens (including phenoxy) is 1. The minimum atomic E-state index is -0.193. The number of hydrogen-bond donors (Lipinski definition) is 1. The fraction of sp³-hybridized carbons (Fsp3) is 0.185. The van der Waals surface area contributed by atoms with Gasteiger partial charge in [-0.1, -0.05) is 40.2 Å².